The minimum absolute atomic E-state index is 0.417. The molecule has 0 N–H and O–H groups in total. The third-order valence-corrected chi connectivity index (χ3v) is 2.50. The Kier molecular flexibility index (Phi) is 1.89. The number of rotatable bonds is 3. The SMILES string of the molecule is CCC1C(C=O)C1CC. The number of carbonyl (C=O) groups excluding carboxylic acids is 1. The minimum atomic E-state index is 0.417. The molecule has 0 aromatic rings. The summed E-state index contributed by atoms with van der Waals surface area (Å²) in [5, 5.41) is 0. The summed E-state index contributed by atoms with van der Waals surface area (Å²) >= 11 is 0. The smallest absolute Gasteiger partial charge is 0.123 e. The molecule has 0 heterocycles. The van der Waals surface area contributed by atoms with Gasteiger partial charge in [-0.15, -0.1) is 0 Å². The Morgan fingerprint density at radius 1 is 1.22 bits per heavy atom. The fourth-order valence-corrected chi connectivity index (χ4v) is 1.83. The molecule has 2 atom stereocenters. The van der Waals surface area contributed by atoms with E-state index in [-0.39, 0.29) is 0 Å². The predicted octanol–water partition coefficient (Wildman–Crippen LogP) is 1.87. The fourth-order valence-electron chi connectivity index (χ4n) is 1.83. The van der Waals surface area contributed by atoms with Crippen LogP contribution in [0, 0.1) is 17.8 Å². The Balaban J connectivity index is 2.34. The summed E-state index contributed by atoms with van der Waals surface area (Å²) in [7, 11) is 0. The molecule has 9 heavy (non-hydrogen) atoms. The lowest BCUT2D eigenvalue weighted by atomic mass is 10.2. The zero-order chi connectivity index (χ0) is 6.85. The average Bonchev–Trinajstić information content (AvgIpc) is 2.59. The van der Waals surface area contributed by atoms with Crippen molar-refractivity contribution >= 4 is 6.29 Å². The van der Waals surface area contributed by atoms with E-state index < -0.39 is 0 Å². The van der Waals surface area contributed by atoms with E-state index in [1.807, 2.05) is 0 Å². The van der Waals surface area contributed by atoms with Crippen molar-refractivity contribution in [2.24, 2.45) is 17.8 Å². The van der Waals surface area contributed by atoms with E-state index in [1.165, 1.54) is 12.8 Å². The van der Waals surface area contributed by atoms with Crippen LogP contribution in [-0.4, -0.2) is 6.29 Å². The molecule has 0 aliphatic heterocycles. The van der Waals surface area contributed by atoms with Gasteiger partial charge in [0.2, 0.25) is 0 Å². The zero-order valence-electron chi connectivity index (χ0n) is 6.13. The van der Waals surface area contributed by atoms with Gasteiger partial charge in [0.1, 0.15) is 6.29 Å². The van der Waals surface area contributed by atoms with Crippen molar-refractivity contribution in [1.82, 2.24) is 0 Å². The first-order chi connectivity index (χ1) is 4.35. The number of hydrogen-bond acceptors (Lipinski definition) is 1. The highest BCUT2D eigenvalue weighted by Crippen LogP contribution is 2.48. The Bertz CT molecular complexity index is 99.1. The van der Waals surface area contributed by atoms with Crippen molar-refractivity contribution in [3.8, 4) is 0 Å². The molecule has 1 nitrogen and oxygen atoms in total. The van der Waals surface area contributed by atoms with Gasteiger partial charge in [-0.2, -0.15) is 0 Å². The second kappa shape index (κ2) is 2.51. The van der Waals surface area contributed by atoms with Gasteiger partial charge >= 0.3 is 0 Å². The monoisotopic (exact) mass is 126 g/mol. The standard InChI is InChI=1S/C8H14O/c1-3-6-7(4-2)8(6)5-9/h5-8H,3-4H2,1-2H3. The van der Waals surface area contributed by atoms with Gasteiger partial charge < -0.3 is 4.79 Å². The molecule has 0 aromatic carbocycles. The van der Waals surface area contributed by atoms with Crippen LogP contribution in [0.4, 0.5) is 0 Å². The molecule has 1 saturated carbocycles. The van der Waals surface area contributed by atoms with Crippen LogP contribution in [0.1, 0.15) is 26.7 Å². The average molecular weight is 126 g/mol. The van der Waals surface area contributed by atoms with Crippen molar-refractivity contribution in [1.29, 1.82) is 0 Å². The summed E-state index contributed by atoms with van der Waals surface area (Å²) in [5.41, 5.74) is 0. The van der Waals surface area contributed by atoms with E-state index in [0.29, 0.717) is 5.92 Å². The molecule has 1 rings (SSSR count). The van der Waals surface area contributed by atoms with E-state index in [2.05, 4.69) is 13.8 Å². The maximum absolute atomic E-state index is 10.3. The van der Waals surface area contributed by atoms with E-state index in [4.69, 9.17) is 0 Å². The molecule has 2 unspecified atom stereocenters. The molecule has 0 saturated heterocycles. The summed E-state index contributed by atoms with van der Waals surface area (Å²) < 4.78 is 0. The zero-order valence-corrected chi connectivity index (χ0v) is 6.13. The lowest BCUT2D eigenvalue weighted by molar-refractivity contribution is -0.109. The highest BCUT2D eigenvalue weighted by molar-refractivity contribution is 5.59. The second-order valence-corrected chi connectivity index (χ2v) is 2.86. The first-order valence-electron chi connectivity index (χ1n) is 3.80. The maximum Gasteiger partial charge on any atom is 0.123 e. The highest BCUT2D eigenvalue weighted by atomic mass is 16.1. The van der Waals surface area contributed by atoms with Gasteiger partial charge in [-0.3, -0.25) is 0 Å². The molecule has 0 aromatic heterocycles. The lowest BCUT2D eigenvalue weighted by Crippen LogP contribution is -1.79. The largest absolute Gasteiger partial charge is 0.303 e. The third kappa shape index (κ3) is 1.00. The van der Waals surface area contributed by atoms with E-state index in [9.17, 15) is 4.79 Å². The normalized spacial score (nSPS) is 40.4. The van der Waals surface area contributed by atoms with Gasteiger partial charge in [0.05, 0.1) is 0 Å². The first kappa shape index (κ1) is 6.79. The molecule has 0 spiro atoms. The van der Waals surface area contributed by atoms with Crippen molar-refractivity contribution in [3.05, 3.63) is 0 Å². The van der Waals surface area contributed by atoms with Gasteiger partial charge in [-0.25, -0.2) is 0 Å². The van der Waals surface area contributed by atoms with E-state index in [0.717, 1.165) is 18.1 Å². The van der Waals surface area contributed by atoms with Gasteiger partial charge in [-0.1, -0.05) is 26.7 Å². The molecule has 0 amide bonds. The maximum atomic E-state index is 10.3. The van der Waals surface area contributed by atoms with Crippen LogP contribution < -0.4 is 0 Å². The summed E-state index contributed by atoms with van der Waals surface area (Å²) in [4.78, 5) is 10.3. The Morgan fingerprint density at radius 2 is 1.67 bits per heavy atom. The van der Waals surface area contributed by atoms with E-state index >= 15 is 0 Å². The summed E-state index contributed by atoms with van der Waals surface area (Å²) in [6.45, 7) is 4.33. The Hall–Kier alpha value is -0.330. The minimum Gasteiger partial charge on any atom is -0.303 e. The van der Waals surface area contributed by atoms with Crippen molar-refractivity contribution in [2.45, 2.75) is 26.7 Å². The Labute approximate surface area is 56.4 Å². The van der Waals surface area contributed by atoms with Crippen molar-refractivity contribution in [2.75, 3.05) is 0 Å². The molecule has 0 bridgehead atoms. The molecular formula is C8H14O. The van der Waals surface area contributed by atoms with Crippen LogP contribution >= 0.6 is 0 Å². The Morgan fingerprint density at radius 3 is 1.78 bits per heavy atom. The van der Waals surface area contributed by atoms with Gasteiger partial charge in [-0.05, 0) is 11.8 Å². The van der Waals surface area contributed by atoms with Crippen LogP contribution in [0.2, 0.25) is 0 Å². The van der Waals surface area contributed by atoms with Crippen LogP contribution in [0.5, 0.6) is 0 Å². The third-order valence-electron chi connectivity index (χ3n) is 2.50. The molecule has 0 radical (unpaired) electrons. The predicted molar refractivity (Wildman–Crippen MR) is 37.1 cm³/mol. The molecule has 52 valence electrons. The van der Waals surface area contributed by atoms with Crippen LogP contribution in [0.3, 0.4) is 0 Å². The molecule has 1 heteroatoms. The fraction of sp³-hybridized carbons (Fsp3) is 0.875. The molecule has 1 aliphatic carbocycles. The van der Waals surface area contributed by atoms with Gasteiger partial charge in [0, 0.05) is 5.92 Å². The van der Waals surface area contributed by atoms with E-state index in [1.54, 1.807) is 0 Å². The summed E-state index contributed by atoms with van der Waals surface area (Å²) in [6, 6.07) is 0. The van der Waals surface area contributed by atoms with Gasteiger partial charge in [0.25, 0.3) is 0 Å². The highest BCUT2D eigenvalue weighted by Gasteiger charge is 2.46. The number of hydrogen-bond donors (Lipinski definition) is 0. The first-order valence-corrected chi connectivity index (χ1v) is 3.80. The summed E-state index contributed by atoms with van der Waals surface area (Å²) in [5.74, 6) is 1.87. The molecule has 1 aliphatic rings. The number of aldehydes is 1. The molecular weight excluding hydrogens is 112 g/mol. The lowest BCUT2D eigenvalue weighted by Gasteiger charge is -1.84. The van der Waals surface area contributed by atoms with Crippen molar-refractivity contribution in [3.63, 3.8) is 0 Å². The molecule has 1 fully saturated rings. The van der Waals surface area contributed by atoms with Crippen LogP contribution in [0.15, 0.2) is 0 Å². The van der Waals surface area contributed by atoms with Crippen LogP contribution in [-0.2, 0) is 4.79 Å². The van der Waals surface area contributed by atoms with Gasteiger partial charge in [0.15, 0.2) is 0 Å². The van der Waals surface area contributed by atoms with Crippen molar-refractivity contribution < 1.29 is 4.79 Å². The number of carbonyl (C=O) groups is 1. The quantitative estimate of drug-likeness (QED) is 0.527. The van der Waals surface area contributed by atoms with Crippen LogP contribution in [0.25, 0.3) is 0 Å². The second-order valence-electron chi connectivity index (χ2n) is 2.86. The topological polar surface area (TPSA) is 17.1 Å². The summed E-state index contributed by atoms with van der Waals surface area (Å²) in [6.07, 6.45) is 3.49.